The van der Waals surface area contributed by atoms with Gasteiger partial charge in [0.25, 0.3) is 0 Å². The third kappa shape index (κ3) is 2.68. The van der Waals surface area contributed by atoms with Crippen molar-refractivity contribution in [3.8, 4) is 11.3 Å². The average Bonchev–Trinajstić information content (AvgIpc) is 3.01. The van der Waals surface area contributed by atoms with Crippen molar-refractivity contribution in [3.05, 3.63) is 53.0 Å². The lowest BCUT2D eigenvalue weighted by Gasteiger charge is -2.28. The number of pyridine rings is 1. The molecule has 2 heteroatoms. The van der Waals surface area contributed by atoms with Crippen LogP contribution in [0.2, 0.25) is 0 Å². The molecule has 22 heavy (non-hydrogen) atoms. The van der Waals surface area contributed by atoms with E-state index >= 15 is 0 Å². The van der Waals surface area contributed by atoms with Crippen LogP contribution in [-0.4, -0.2) is 4.98 Å². The number of nitrogens with zero attached hydrogens (tertiary/aromatic N) is 1. The Morgan fingerprint density at radius 3 is 2.59 bits per heavy atom. The Morgan fingerprint density at radius 1 is 1.09 bits per heavy atom. The average molecular weight is 309 g/mol. The SMILES string of the molecule is CCC(C)(CC)c1cc(C)cc(-c2cc3ccsc3cn2)c1. The van der Waals surface area contributed by atoms with E-state index in [9.17, 15) is 0 Å². The minimum atomic E-state index is 0.243. The molecule has 0 atom stereocenters. The lowest BCUT2D eigenvalue weighted by molar-refractivity contribution is 0.439. The molecule has 3 aromatic rings. The maximum Gasteiger partial charge on any atom is 0.0709 e. The summed E-state index contributed by atoms with van der Waals surface area (Å²) in [5.41, 5.74) is 5.29. The third-order valence-electron chi connectivity index (χ3n) is 4.97. The van der Waals surface area contributed by atoms with Crippen LogP contribution in [0.25, 0.3) is 21.3 Å². The molecule has 1 aromatic carbocycles. The summed E-state index contributed by atoms with van der Waals surface area (Å²) in [6, 6.07) is 11.3. The van der Waals surface area contributed by atoms with E-state index in [4.69, 9.17) is 0 Å². The normalized spacial score (nSPS) is 12.0. The summed E-state index contributed by atoms with van der Waals surface area (Å²) in [6.07, 6.45) is 4.31. The molecular weight excluding hydrogens is 286 g/mol. The Bertz CT molecular complexity index is 796. The van der Waals surface area contributed by atoms with Gasteiger partial charge in [-0.2, -0.15) is 0 Å². The van der Waals surface area contributed by atoms with Crippen molar-refractivity contribution in [2.24, 2.45) is 0 Å². The Morgan fingerprint density at radius 2 is 1.86 bits per heavy atom. The molecule has 3 rings (SSSR count). The van der Waals surface area contributed by atoms with Gasteiger partial charge in [-0.1, -0.05) is 32.4 Å². The molecule has 2 heterocycles. The number of thiophene rings is 1. The summed E-state index contributed by atoms with van der Waals surface area (Å²) in [6.45, 7) is 9.10. The first-order valence-corrected chi connectivity index (χ1v) is 8.89. The molecule has 0 amide bonds. The zero-order valence-corrected chi connectivity index (χ0v) is 14.6. The maximum atomic E-state index is 4.68. The first kappa shape index (κ1) is 15.2. The van der Waals surface area contributed by atoms with Gasteiger partial charge in [0.05, 0.1) is 10.4 Å². The summed E-state index contributed by atoms with van der Waals surface area (Å²) in [4.78, 5) is 4.68. The van der Waals surface area contributed by atoms with Crippen LogP contribution in [-0.2, 0) is 5.41 Å². The minimum Gasteiger partial charge on any atom is -0.255 e. The van der Waals surface area contributed by atoms with Gasteiger partial charge in [0, 0.05) is 11.8 Å². The van der Waals surface area contributed by atoms with Crippen LogP contribution in [0.5, 0.6) is 0 Å². The first-order valence-electron chi connectivity index (χ1n) is 8.01. The van der Waals surface area contributed by atoms with Gasteiger partial charge >= 0.3 is 0 Å². The number of aromatic nitrogens is 1. The van der Waals surface area contributed by atoms with Gasteiger partial charge in [-0.25, -0.2) is 0 Å². The van der Waals surface area contributed by atoms with Gasteiger partial charge in [0.2, 0.25) is 0 Å². The van der Waals surface area contributed by atoms with Crippen molar-refractivity contribution in [1.29, 1.82) is 0 Å². The zero-order valence-electron chi connectivity index (χ0n) is 13.8. The molecule has 0 fully saturated rings. The molecule has 0 bridgehead atoms. The van der Waals surface area contributed by atoms with Crippen LogP contribution in [0.1, 0.15) is 44.7 Å². The Balaban J connectivity index is 2.12. The molecule has 0 unspecified atom stereocenters. The summed E-state index contributed by atoms with van der Waals surface area (Å²) in [7, 11) is 0. The van der Waals surface area contributed by atoms with Gasteiger partial charge in [0.15, 0.2) is 0 Å². The fraction of sp³-hybridized carbons (Fsp3) is 0.350. The molecule has 0 aliphatic heterocycles. The number of hydrogen-bond donors (Lipinski definition) is 0. The Kier molecular flexibility index (Phi) is 4.05. The van der Waals surface area contributed by atoms with E-state index in [-0.39, 0.29) is 5.41 Å². The molecule has 114 valence electrons. The van der Waals surface area contributed by atoms with E-state index in [1.807, 2.05) is 6.20 Å². The lowest BCUT2D eigenvalue weighted by Crippen LogP contribution is -2.19. The molecule has 0 radical (unpaired) electrons. The van der Waals surface area contributed by atoms with Crippen molar-refractivity contribution in [3.63, 3.8) is 0 Å². The van der Waals surface area contributed by atoms with Crippen molar-refractivity contribution in [2.75, 3.05) is 0 Å². The van der Waals surface area contributed by atoms with Crippen molar-refractivity contribution in [1.82, 2.24) is 4.98 Å². The molecule has 0 aliphatic rings. The van der Waals surface area contributed by atoms with Crippen molar-refractivity contribution < 1.29 is 0 Å². The van der Waals surface area contributed by atoms with E-state index in [0.717, 1.165) is 18.5 Å². The number of hydrogen-bond acceptors (Lipinski definition) is 2. The third-order valence-corrected chi connectivity index (χ3v) is 5.84. The molecule has 0 N–H and O–H groups in total. The molecule has 0 aliphatic carbocycles. The summed E-state index contributed by atoms with van der Waals surface area (Å²) in [5.74, 6) is 0. The van der Waals surface area contributed by atoms with Crippen LogP contribution in [0.15, 0.2) is 41.9 Å². The number of rotatable bonds is 4. The van der Waals surface area contributed by atoms with Gasteiger partial charge in [-0.3, -0.25) is 4.98 Å². The fourth-order valence-electron chi connectivity index (χ4n) is 2.96. The van der Waals surface area contributed by atoms with E-state index in [1.54, 1.807) is 11.3 Å². The second kappa shape index (κ2) is 5.85. The molecule has 0 saturated heterocycles. The monoisotopic (exact) mass is 309 g/mol. The zero-order chi connectivity index (χ0) is 15.7. The van der Waals surface area contributed by atoms with Crippen LogP contribution in [0.3, 0.4) is 0 Å². The van der Waals surface area contributed by atoms with Crippen molar-refractivity contribution >= 4 is 21.4 Å². The Hall–Kier alpha value is -1.67. The molecule has 0 saturated carbocycles. The Labute approximate surface area is 137 Å². The second-order valence-electron chi connectivity index (χ2n) is 6.38. The fourth-order valence-corrected chi connectivity index (χ4v) is 3.70. The van der Waals surface area contributed by atoms with Crippen LogP contribution < -0.4 is 0 Å². The minimum absolute atomic E-state index is 0.243. The quantitative estimate of drug-likeness (QED) is 0.547. The molecular formula is C20H23NS. The standard InChI is InChI=1S/C20H23NS/c1-5-20(4,6-2)17-10-14(3)9-16(11-17)18-12-15-7-8-22-19(15)13-21-18/h7-13H,5-6H2,1-4H3. The molecule has 0 spiro atoms. The predicted molar refractivity (Wildman–Crippen MR) is 97.7 cm³/mol. The molecule has 1 nitrogen and oxygen atoms in total. The van der Waals surface area contributed by atoms with E-state index in [2.05, 4.69) is 68.4 Å². The van der Waals surface area contributed by atoms with Crippen molar-refractivity contribution in [2.45, 2.75) is 46.0 Å². The van der Waals surface area contributed by atoms with E-state index in [1.165, 1.54) is 26.8 Å². The van der Waals surface area contributed by atoms with Crippen LogP contribution in [0.4, 0.5) is 0 Å². The largest absolute Gasteiger partial charge is 0.255 e. The number of fused-ring (bicyclic) bond motifs is 1. The van der Waals surface area contributed by atoms with Gasteiger partial charge in [-0.05, 0) is 65.8 Å². The van der Waals surface area contributed by atoms with E-state index in [0.29, 0.717) is 0 Å². The molecule has 2 aromatic heterocycles. The van der Waals surface area contributed by atoms with Crippen LogP contribution in [0, 0.1) is 6.92 Å². The summed E-state index contributed by atoms with van der Waals surface area (Å²) < 4.78 is 1.25. The second-order valence-corrected chi connectivity index (χ2v) is 7.33. The topological polar surface area (TPSA) is 12.9 Å². The highest BCUT2D eigenvalue weighted by Crippen LogP contribution is 2.34. The highest BCUT2D eigenvalue weighted by molar-refractivity contribution is 7.17. The smallest absolute Gasteiger partial charge is 0.0709 e. The van der Waals surface area contributed by atoms with Crippen LogP contribution >= 0.6 is 11.3 Å². The summed E-state index contributed by atoms with van der Waals surface area (Å²) >= 11 is 1.75. The highest BCUT2D eigenvalue weighted by atomic mass is 32.1. The van der Waals surface area contributed by atoms with E-state index < -0.39 is 0 Å². The van der Waals surface area contributed by atoms with Gasteiger partial charge in [0.1, 0.15) is 0 Å². The highest BCUT2D eigenvalue weighted by Gasteiger charge is 2.23. The maximum absolute atomic E-state index is 4.68. The van der Waals surface area contributed by atoms with Gasteiger partial charge in [-0.15, -0.1) is 11.3 Å². The first-order chi connectivity index (χ1) is 10.6. The van der Waals surface area contributed by atoms with Gasteiger partial charge < -0.3 is 0 Å². The summed E-state index contributed by atoms with van der Waals surface area (Å²) in [5, 5.41) is 3.41. The predicted octanol–water partition coefficient (Wildman–Crippen LogP) is 6.35. The number of benzene rings is 1. The lowest BCUT2D eigenvalue weighted by atomic mass is 9.77. The number of aryl methyl sites for hydroxylation is 1.